The van der Waals surface area contributed by atoms with Crippen molar-refractivity contribution in [3.63, 3.8) is 0 Å². The lowest BCUT2D eigenvalue weighted by atomic mass is 9.48. The second-order valence-corrected chi connectivity index (χ2v) is 18.6. The molecule has 6 aliphatic rings. The molecule has 1 amide bonds. The summed E-state index contributed by atoms with van der Waals surface area (Å²) in [5.41, 5.74) is -1.35. The minimum Gasteiger partial charge on any atom is -0.454 e. The highest BCUT2D eigenvalue weighted by atomic mass is 32.2. The van der Waals surface area contributed by atoms with Crippen LogP contribution >= 0.6 is 11.8 Å². The number of rotatable bonds is 8. The van der Waals surface area contributed by atoms with Gasteiger partial charge in [-0.2, -0.15) is 0 Å². The average Bonchev–Trinajstić information content (AvgIpc) is 3.52. The Bertz CT molecular complexity index is 1340. The Morgan fingerprint density at radius 1 is 1.08 bits per heavy atom. The molecule has 4 saturated carbocycles. The first-order chi connectivity index (χ1) is 23.7. The molecule has 2 spiro atoms. The first-order valence-electron chi connectivity index (χ1n) is 19.4. The summed E-state index contributed by atoms with van der Waals surface area (Å²) in [6.45, 7) is 21.3. The number of hydrogen-bond acceptors (Lipinski definition) is 10. The Labute approximate surface area is 304 Å². The molecule has 2 aliphatic heterocycles. The van der Waals surface area contributed by atoms with E-state index in [0.29, 0.717) is 50.5 Å². The zero-order valence-corrected chi connectivity index (χ0v) is 32.7. The summed E-state index contributed by atoms with van der Waals surface area (Å²) in [6, 6.07) is 1.93. The van der Waals surface area contributed by atoms with Crippen LogP contribution < -0.4 is 4.74 Å². The predicted molar refractivity (Wildman–Crippen MR) is 194 cm³/mol. The van der Waals surface area contributed by atoms with Crippen molar-refractivity contribution in [2.45, 2.75) is 147 Å². The normalized spacial score (nSPS) is 41.2. The van der Waals surface area contributed by atoms with E-state index in [9.17, 15) is 15.0 Å². The second-order valence-electron chi connectivity index (χ2n) is 17.0. The summed E-state index contributed by atoms with van der Waals surface area (Å²) in [6.07, 6.45) is 8.12. The van der Waals surface area contributed by atoms with Crippen LogP contribution in [-0.4, -0.2) is 97.7 Å². The van der Waals surface area contributed by atoms with E-state index < -0.39 is 29.3 Å². The Kier molecular flexibility index (Phi) is 10.6. The number of aromatic nitrogens is 2. The van der Waals surface area contributed by atoms with Gasteiger partial charge >= 0.3 is 12.1 Å². The van der Waals surface area contributed by atoms with Gasteiger partial charge in [-0.1, -0.05) is 41.5 Å². The molecular formula is C39H63N3O7S. The van der Waals surface area contributed by atoms with Crippen molar-refractivity contribution in [1.29, 1.82) is 0 Å². The van der Waals surface area contributed by atoms with Crippen molar-refractivity contribution >= 4 is 17.9 Å². The van der Waals surface area contributed by atoms with E-state index in [1.165, 1.54) is 6.42 Å². The smallest absolute Gasteiger partial charge is 0.410 e. The highest BCUT2D eigenvalue weighted by Crippen LogP contribution is 2.89. The minimum absolute atomic E-state index is 0.0946. The molecule has 1 aromatic rings. The van der Waals surface area contributed by atoms with Crippen LogP contribution in [0.3, 0.4) is 0 Å². The molecule has 2 N–H and O–H groups in total. The van der Waals surface area contributed by atoms with Crippen LogP contribution in [0.15, 0.2) is 18.5 Å². The lowest BCUT2D eigenvalue weighted by molar-refractivity contribution is -0.154. The summed E-state index contributed by atoms with van der Waals surface area (Å²) in [5.74, 6) is 1.59. The van der Waals surface area contributed by atoms with Crippen LogP contribution in [0.2, 0.25) is 0 Å². The van der Waals surface area contributed by atoms with Gasteiger partial charge in [0.2, 0.25) is 0 Å². The number of fused-ring (bicyclic) bond motifs is 2. The van der Waals surface area contributed by atoms with Gasteiger partial charge in [0, 0.05) is 41.6 Å². The van der Waals surface area contributed by atoms with Crippen molar-refractivity contribution < 1.29 is 34.0 Å². The van der Waals surface area contributed by atoms with E-state index in [-0.39, 0.29) is 45.1 Å². The van der Waals surface area contributed by atoms with Gasteiger partial charge in [-0.25, -0.2) is 14.8 Å². The summed E-state index contributed by atoms with van der Waals surface area (Å²) < 4.78 is 24.6. The zero-order chi connectivity index (χ0) is 36.3. The van der Waals surface area contributed by atoms with Gasteiger partial charge in [-0.15, -0.1) is 11.8 Å². The fraction of sp³-hybridized carbons (Fsp3) is 0.872. The fourth-order valence-electron chi connectivity index (χ4n) is 12.0. The van der Waals surface area contributed by atoms with Gasteiger partial charge in [0.15, 0.2) is 6.10 Å². The molecule has 12 atom stereocenters. The Morgan fingerprint density at radius 2 is 1.76 bits per heavy atom. The van der Waals surface area contributed by atoms with E-state index in [2.05, 4.69) is 37.7 Å². The monoisotopic (exact) mass is 717 g/mol. The molecule has 0 aromatic carbocycles. The van der Waals surface area contributed by atoms with Crippen LogP contribution in [0.4, 0.5) is 4.79 Å². The third-order valence-corrected chi connectivity index (χ3v) is 15.8. The van der Waals surface area contributed by atoms with E-state index in [1.807, 2.05) is 20.8 Å². The number of hydrogen-bond donors (Lipinski definition) is 2. The largest absolute Gasteiger partial charge is 0.454 e. The molecule has 3 unspecified atom stereocenters. The van der Waals surface area contributed by atoms with Crippen molar-refractivity contribution in [2.24, 2.45) is 39.9 Å². The maximum Gasteiger partial charge on any atom is 0.410 e. The highest BCUT2D eigenvalue weighted by molar-refractivity contribution is 8.01. The fourth-order valence-corrected chi connectivity index (χ4v) is 13.7. The van der Waals surface area contributed by atoms with Crippen LogP contribution in [-0.2, 0) is 14.2 Å². The van der Waals surface area contributed by atoms with Crippen molar-refractivity contribution in [2.75, 3.05) is 26.3 Å². The molecule has 282 valence electrons. The number of carbonyl (C=O) groups excluding carboxylic acids is 1. The molecule has 2 saturated heterocycles. The van der Waals surface area contributed by atoms with Crippen molar-refractivity contribution in [3.8, 4) is 6.01 Å². The summed E-state index contributed by atoms with van der Waals surface area (Å²) in [5, 5.41) is 23.4. The minimum atomic E-state index is -1.22. The molecule has 1 aromatic heterocycles. The first kappa shape index (κ1) is 38.1. The van der Waals surface area contributed by atoms with E-state index in [0.717, 1.165) is 32.1 Å². The van der Waals surface area contributed by atoms with Crippen LogP contribution in [0.25, 0.3) is 0 Å². The number of carbonyl (C=O) groups is 1. The summed E-state index contributed by atoms with van der Waals surface area (Å²) in [7, 11) is 0. The van der Waals surface area contributed by atoms with E-state index in [1.54, 1.807) is 49.0 Å². The summed E-state index contributed by atoms with van der Waals surface area (Å²) in [4.78, 5) is 23.4. The Balaban J connectivity index is 0.00000212. The lowest BCUT2D eigenvalue weighted by Gasteiger charge is -2.58. The second kappa shape index (κ2) is 14.0. The summed E-state index contributed by atoms with van der Waals surface area (Å²) >= 11 is 1.79. The van der Waals surface area contributed by atoms with Gasteiger partial charge in [0.05, 0.1) is 31.0 Å². The number of amides is 1. The Morgan fingerprint density at radius 3 is 2.40 bits per heavy atom. The number of nitrogens with zero attached hydrogens (tertiary/aromatic N) is 3. The molecule has 7 rings (SSSR count). The molecule has 0 radical (unpaired) electrons. The molecule has 3 heterocycles. The third kappa shape index (κ3) is 5.97. The molecule has 10 nitrogen and oxygen atoms in total. The predicted octanol–water partition coefficient (Wildman–Crippen LogP) is 6.72. The van der Waals surface area contributed by atoms with Gasteiger partial charge in [0.25, 0.3) is 0 Å². The standard InChI is InChI=1S/C37H57N3O7S.C2H6/c1-8-24(29(34(5,6)43)47-31-38-16-9-17-39-31)45-30-28(41)27-23-10-11-25-33(3,4)26(46-32(42)40-18-20-44-21-19-40)12-13-37(25)22(2)36(23,37)15-14-35(27,7)48-30;1-2/h9,16-17,22-30,41,43H,8,10-15,18-21H2,1-7H3;1-2H3/t22-,23-,24+,25?,26-,27?,28+,29-,30-,35-,36-,37?;/m0./s1. The molecule has 11 heteroatoms. The van der Waals surface area contributed by atoms with Gasteiger partial charge in [0.1, 0.15) is 11.5 Å². The van der Waals surface area contributed by atoms with Gasteiger partial charge in [-0.05, 0) is 100 Å². The quantitative estimate of drug-likeness (QED) is 0.300. The number of aliphatic hydroxyl groups excluding tert-OH is 1. The van der Waals surface area contributed by atoms with Crippen LogP contribution in [0.5, 0.6) is 6.01 Å². The first-order valence-corrected chi connectivity index (χ1v) is 20.3. The molecular weight excluding hydrogens is 655 g/mol. The topological polar surface area (TPSA) is 123 Å². The highest BCUT2D eigenvalue weighted by Gasteiger charge is 2.85. The molecule has 4 aliphatic carbocycles. The number of thioether (sulfide) groups is 1. The van der Waals surface area contributed by atoms with Crippen LogP contribution in [0.1, 0.15) is 107 Å². The zero-order valence-electron chi connectivity index (χ0n) is 31.9. The van der Waals surface area contributed by atoms with Crippen LogP contribution in [0, 0.1) is 39.9 Å². The number of morpholine rings is 1. The number of aliphatic hydroxyl groups is 2. The van der Waals surface area contributed by atoms with E-state index >= 15 is 0 Å². The van der Waals surface area contributed by atoms with E-state index in [4.69, 9.17) is 18.9 Å². The molecule has 50 heavy (non-hydrogen) atoms. The maximum atomic E-state index is 13.2. The third-order valence-electron chi connectivity index (χ3n) is 14.2. The van der Waals surface area contributed by atoms with Gasteiger partial charge < -0.3 is 34.1 Å². The number of ether oxygens (including phenoxy) is 4. The maximum absolute atomic E-state index is 13.2. The molecule has 6 fully saturated rings. The Hall–Kier alpha value is -1.66. The average molecular weight is 718 g/mol. The lowest BCUT2D eigenvalue weighted by Crippen LogP contribution is -2.57. The van der Waals surface area contributed by atoms with Crippen molar-refractivity contribution in [1.82, 2.24) is 14.9 Å². The molecule has 0 bridgehead atoms. The van der Waals surface area contributed by atoms with Crippen molar-refractivity contribution in [3.05, 3.63) is 18.5 Å². The van der Waals surface area contributed by atoms with Gasteiger partial charge in [-0.3, -0.25) is 0 Å². The SMILES string of the molecule is CC.CC[C@@H](O[C@H]1S[C@@]2(C)CC[C@@]34[C@H](C)C35CC[C@H](OC(=O)N3CCOCC3)C(C)(C)C5CC[C@H]4C2[C@H]1O)[C@H](Oc1ncccn1)C(C)(C)O.